The van der Waals surface area contributed by atoms with Gasteiger partial charge in [0.15, 0.2) is 0 Å². The maximum Gasteiger partial charge on any atom is 0.278 e. The molecule has 0 unspecified atom stereocenters. The van der Waals surface area contributed by atoms with E-state index in [0.29, 0.717) is 10.9 Å². The van der Waals surface area contributed by atoms with E-state index in [-0.39, 0.29) is 27.3 Å². The highest BCUT2D eigenvalue weighted by Crippen LogP contribution is 2.32. The van der Waals surface area contributed by atoms with Gasteiger partial charge in [0.25, 0.3) is 5.56 Å². The van der Waals surface area contributed by atoms with E-state index in [9.17, 15) is 9.59 Å². The Morgan fingerprint density at radius 2 is 1.79 bits per heavy atom. The Kier molecular flexibility index (Phi) is 4.71. The predicted octanol–water partition coefficient (Wildman–Crippen LogP) is 3.39. The van der Waals surface area contributed by atoms with E-state index in [2.05, 4.69) is 15.6 Å². The van der Waals surface area contributed by atoms with Gasteiger partial charge in [-0.1, -0.05) is 52.1 Å². The van der Waals surface area contributed by atoms with Crippen LogP contribution in [-0.4, -0.2) is 20.9 Å². The molecule has 0 aliphatic heterocycles. The van der Waals surface area contributed by atoms with E-state index in [0.717, 1.165) is 4.68 Å². The minimum Gasteiger partial charge on any atom is -0.323 e. The number of hydrogen-bond donors (Lipinski definition) is 1. The van der Waals surface area contributed by atoms with E-state index in [1.807, 2.05) is 0 Å². The molecule has 3 aromatic rings. The molecule has 1 heterocycles. The van der Waals surface area contributed by atoms with Gasteiger partial charge in [0.05, 0.1) is 26.1 Å². The van der Waals surface area contributed by atoms with Crippen molar-refractivity contribution in [2.75, 3.05) is 5.32 Å². The number of carbonyl (C=O) groups excluding carboxylic acids is 1. The Labute approximate surface area is 150 Å². The molecule has 0 atom stereocenters. The fraction of sp³-hybridized carbons (Fsp3) is 0.0667. The Hall–Kier alpha value is -2.15. The average Bonchev–Trinajstić information content (AvgIpc) is 2.55. The number of halogens is 3. The summed E-state index contributed by atoms with van der Waals surface area (Å²) in [5.74, 6) is -0.498. The summed E-state index contributed by atoms with van der Waals surface area (Å²) in [7, 11) is 0. The molecule has 3 rings (SSSR count). The molecule has 1 aromatic heterocycles. The highest BCUT2D eigenvalue weighted by Gasteiger charge is 2.12. The maximum atomic E-state index is 12.3. The highest BCUT2D eigenvalue weighted by molar-refractivity contribution is 6.44. The summed E-state index contributed by atoms with van der Waals surface area (Å²) in [4.78, 5) is 24.4. The van der Waals surface area contributed by atoms with Crippen LogP contribution in [0.15, 0.2) is 41.2 Å². The van der Waals surface area contributed by atoms with Gasteiger partial charge < -0.3 is 5.32 Å². The first-order valence-corrected chi connectivity index (χ1v) is 7.86. The molecule has 24 heavy (non-hydrogen) atoms. The van der Waals surface area contributed by atoms with Crippen LogP contribution in [0.4, 0.5) is 5.69 Å². The van der Waals surface area contributed by atoms with Crippen molar-refractivity contribution >= 4 is 57.3 Å². The van der Waals surface area contributed by atoms with Crippen molar-refractivity contribution in [1.82, 2.24) is 15.0 Å². The van der Waals surface area contributed by atoms with Crippen LogP contribution >= 0.6 is 34.8 Å². The zero-order valence-corrected chi connectivity index (χ0v) is 14.2. The number of fused-ring (bicyclic) bond motifs is 1. The molecular weight excluding hydrogens is 375 g/mol. The maximum absolute atomic E-state index is 12.3. The largest absolute Gasteiger partial charge is 0.323 e. The molecule has 0 fully saturated rings. The molecule has 0 spiro atoms. The molecular formula is C15H9Cl3N4O2. The Bertz CT molecular complexity index is 1000. The van der Waals surface area contributed by atoms with Gasteiger partial charge in [-0.25, -0.2) is 4.68 Å². The van der Waals surface area contributed by atoms with Gasteiger partial charge in [-0.05, 0) is 24.3 Å². The van der Waals surface area contributed by atoms with Crippen LogP contribution in [0.2, 0.25) is 15.1 Å². The zero-order chi connectivity index (χ0) is 17.3. The van der Waals surface area contributed by atoms with Crippen molar-refractivity contribution < 1.29 is 4.79 Å². The van der Waals surface area contributed by atoms with Crippen molar-refractivity contribution in [2.45, 2.75) is 6.54 Å². The molecule has 122 valence electrons. The summed E-state index contributed by atoms with van der Waals surface area (Å²) in [6, 6.07) is 9.60. The van der Waals surface area contributed by atoms with Crippen molar-refractivity contribution in [2.24, 2.45) is 0 Å². The van der Waals surface area contributed by atoms with Crippen molar-refractivity contribution in [1.29, 1.82) is 0 Å². The van der Waals surface area contributed by atoms with E-state index in [1.165, 1.54) is 12.1 Å². The van der Waals surface area contributed by atoms with Gasteiger partial charge in [0.2, 0.25) is 5.91 Å². The summed E-state index contributed by atoms with van der Waals surface area (Å²) < 4.78 is 0.975. The second kappa shape index (κ2) is 6.76. The SMILES string of the molecule is O=C(Cn1nnc2ccccc2c1=O)Nc1cc(Cl)c(Cl)cc1Cl. The van der Waals surface area contributed by atoms with E-state index < -0.39 is 11.5 Å². The fourth-order valence-corrected chi connectivity index (χ4v) is 2.67. The minimum atomic E-state index is -0.498. The first kappa shape index (κ1) is 16.7. The number of anilines is 1. The first-order valence-electron chi connectivity index (χ1n) is 6.72. The first-order chi connectivity index (χ1) is 11.5. The van der Waals surface area contributed by atoms with Crippen LogP contribution < -0.4 is 10.9 Å². The molecule has 0 radical (unpaired) electrons. The van der Waals surface area contributed by atoms with Crippen LogP contribution in [0.25, 0.3) is 10.9 Å². The molecule has 0 bridgehead atoms. The van der Waals surface area contributed by atoms with E-state index >= 15 is 0 Å². The lowest BCUT2D eigenvalue weighted by Crippen LogP contribution is -2.30. The van der Waals surface area contributed by atoms with Crippen LogP contribution in [0.5, 0.6) is 0 Å². The van der Waals surface area contributed by atoms with Gasteiger partial charge in [-0.3, -0.25) is 9.59 Å². The van der Waals surface area contributed by atoms with Gasteiger partial charge in [0.1, 0.15) is 12.1 Å². The molecule has 0 aliphatic carbocycles. The van der Waals surface area contributed by atoms with Crippen molar-refractivity contribution in [3.63, 3.8) is 0 Å². The van der Waals surface area contributed by atoms with Gasteiger partial charge in [-0.15, -0.1) is 5.10 Å². The van der Waals surface area contributed by atoms with E-state index in [1.54, 1.807) is 24.3 Å². The van der Waals surface area contributed by atoms with Crippen molar-refractivity contribution in [3.05, 3.63) is 61.8 Å². The molecule has 2 aromatic carbocycles. The van der Waals surface area contributed by atoms with Crippen LogP contribution in [0, 0.1) is 0 Å². The van der Waals surface area contributed by atoms with Crippen LogP contribution in [0.3, 0.4) is 0 Å². The van der Waals surface area contributed by atoms with Gasteiger partial charge in [-0.2, -0.15) is 0 Å². The number of aromatic nitrogens is 3. The second-order valence-electron chi connectivity index (χ2n) is 4.86. The number of amides is 1. The fourth-order valence-electron chi connectivity index (χ4n) is 2.07. The third kappa shape index (κ3) is 3.36. The lowest BCUT2D eigenvalue weighted by atomic mass is 10.2. The summed E-state index contributed by atoms with van der Waals surface area (Å²) in [5, 5.41) is 11.4. The number of nitrogens with one attached hydrogen (secondary N) is 1. The smallest absolute Gasteiger partial charge is 0.278 e. The zero-order valence-electron chi connectivity index (χ0n) is 12.0. The van der Waals surface area contributed by atoms with Gasteiger partial charge >= 0.3 is 0 Å². The third-order valence-electron chi connectivity index (χ3n) is 3.21. The normalized spacial score (nSPS) is 10.8. The molecule has 0 aliphatic rings. The number of benzene rings is 2. The lowest BCUT2D eigenvalue weighted by molar-refractivity contribution is -0.117. The predicted molar refractivity (Wildman–Crippen MR) is 93.9 cm³/mol. The van der Waals surface area contributed by atoms with Crippen LogP contribution in [0.1, 0.15) is 0 Å². The van der Waals surface area contributed by atoms with E-state index in [4.69, 9.17) is 34.8 Å². The summed E-state index contributed by atoms with van der Waals surface area (Å²) >= 11 is 17.7. The Morgan fingerprint density at radius 3 is 2.58 bits per heavy atom. The Morgan fingerprint density at radius 1 is 1.08 bits per heavy atom. The molecule has 0 saturated heterocycles. The molecule has 6 nitrogen and oxygen atoms in total. The molecule has 0 saturated carbocycles. The number of nitrogens with zero attached hydrogens (tertiary/aromatic N) is 3. The topological polar surface area (TPSA) is 76.9 Å². The average molecular weight is 384 g/mol. The molecule has 9 heteroatoms. The third-order valence-corrected chi connectivity index (χ3v) is 4.24. The van der Waals surface area contributed by atoms with Crippen LogP contribution in [-0.2, 0) is 11.3 Å². The lowest BCUT2D eigenvalue weighted by Gasteiger charge is -2.09. The molecule has 1 amide bonds. The van der Waals surface area contributed by atoms with Gasteiger partial charge in [0, 0.05) is 0 Å². The quantitative estimate of drug-likeness (QED) is 0.703. The number of rotatable bonds is 3. The summed E-state index contributed by atoms with van der Waals surface area (Å²) in [6.45, 7) is -0.312. The Balaban J connectivity index is 1.84. The minimum absolute atomic E-state index is 0.231. The molecule has 1 N–H and O–H groups in total. The van der Waals surface area contributed by atoms with Crippen molar-refractivity contribution in [3.8, 4) is 0 Å². The number of carbonyl (C=O) groups is 1. The highest BCUT2D eigenvalue weighted by atomic mass is 35.5. The standard InChI is InChI=1S/C15H9Cl3N4O2/c16-9-5-11(18)13(6-10(9)17)19-14(23)7-22-15(24)8-3-1-2-4-12(8)20-21-22/h1-6H,7H2,(H,19,23). The number of hydrogen-bond acceptors (Lipinski definition) is 4. The monoisotopic (exact) mass is 382 g/mol. The second-order valence-corrected chi connectivity index (χ2v) is 6.09. The summed E-state index contributed by atoms with van der Waals surface area (Å²) in [5.41, 5.74) is 0.348. The summed E-state index contributed by atoms with van der Waals surface area (Å²) in [6.07, 6.45) is 0.